The molecule has 0 amide bonds. The smallest absolute Gasteiger partial charge is 0.315 e. The molecular weight excluding hydrogens is 364 g/mol. The van der Waals surface area contributed by atoms with Gasteiger partial charge in [0.1, 0.15) is 17.4 Å². The van der Waals surface area contributed by atoms with E-state index in [2.05, 4.69) is 0 Å². The van der Waals surface area contributed by atoms with Crippen LogP contribution in [0.1, 0.15) is 12.8 Å². The van der Waals surface area contributed by atoms with E-state index < -0.39 is 33.5 Å². The summed E-state index contributed by atoms with van der Waals surface area (Å²) in [7, 11) is -3.83. The summed E-state index contributed by atoms with van der Waals surface area (Å²) < 4.78 is 57.9. The van der Waals surface area contributed by atoms with Crippen LogP contribution < -0.4 is 4.74 Å². The van der Waals surface area contributed by atoms with E-state index >= 15 is 0 Å². The van der Waals surface area contributed by atoms with Gasteiger partial charge in [-0.15, -0.1) is 0 Å². The lowest BCUT2D eigenvalue weighted by atomic mass is 10.00. The lowest BCUT2D eigenvalue weighted by molar-refractivity contribution is -0.140. The van der Waals surface area contributed by atoms with Gasteiger partial charge in [-0.05, 0) is 49.2 Å². The van der Waals surface area contributed by atoms with E-state index in [0.717, 1.165) is 18.2 Å². The Balaban J connectivity index is 1.72. The summed E-state index contributed by atoms with van der Waals surface area (Å²) in [6, 6.07) is 9.74. The second-order valence-corrected chi connectivity index (χ2v) is 7.97. The van der Waals surface area contributed by atoms with Gasteiger partial charge < -0.3 is 4.74 Å². The van der Waals surface area contributed by atoms with Crippen molar-refractivity contribution in [3.05, 3.63) is 60.2 Å². The van der Waals surface area contributed by atoms with Gasteiger partial charge in [0.2, 0.25) is 10.0 Å². The average Bonchev–Trinajstić information content (AvgIpc) is 2.62. The number of nitrogens with zero attached hydrogens (tertiary/aromatic N) is 1. The number of carbonyl (C=O) groups is 1. The number of halogens is 2. The predicted octanol–water partition coefficient (Wildman–Crippen LogP) is 2.97. The average molecular weight is 381 g/mol. The van der Waals surface area contributed by atoms with Crippen LogP contribution in [0.25, 0.3) is 0 Å². The SMILES string of the molecule is O=C(Oc1cccc(F)c1)C1CCCN(S(=O)(=O)c2ccc(F)cc2)C1. The van der Waals surface area contributed by atoms with E-state index in [-0.39, 0.29) is 23.7 Å². The molecule has 138 valence electrons. The topological polar surface area (TPSA) is 63.7 Å². The Morgan fingerprint density at radius 1 is 1.08 bits per heavy atom. The fourth-order valence-electron chi connectivity index (χ4n) is 2.84. The molecule has 0 saturated carbocycles. The van der Waals surface area contributed by atoms with E-state index in [1.165, 1.54) is 34.6 Å². The largest absolute Gasteiger partial charge is 0.426 e. The second kappa shape index (κ2) is 7.51. The lowest BCUT2D eigenvalue weighted by Gasteiger charge is -2.30. The Labute approximate surface area is 150 Å². The molecule has 26 heavy (non-hydrogen) atoms. The predicted molar refractivity (Wildman–Crippen MR) is 89.9 cm³/mol. The number of sulfonamides is 1. The van der Waals surface area contributed by atoms with Crippen LogP contribution in [0.15, 0.2) is 53.4 Å². The third-order valence-corrected chi connectivity index (χ3v) is 6.06. The summed E-state index contributed by atoms with van der Waals surface area (Å²) >= 11 is 0. The molecule has 0 N–H and O–H groups in total. The van der Waals surface area contributed by atoms with E-state index in [1.807, 2.05) is 0 Å². The van der Waals surface area contributed by atoms with E-state index in [1.54, 1.807) is 0 Å². The third-order valence-electron chi connectivity index (χ3n) is 4.18. The molecule has 1 aliphatic rings. The van der Waals surface area contributed by atoms with Crippen molar-refractivity contribution in [2.24, 2.45) is 5.92 Å². The Hall–Kier alpha value is -2.32. The van der Waals surface area contributed by atoms with Crippen molar-refractivity contribution in [2.75, 3.05) is 13.1 Å². The van der Waals surface area contributed by atoms with Crippen molar-refractivity contribution >= 4 is 16.0 Å². The maximum Gasteiger partial charge on any atom is 0.315 e. The van der Waals surface area contributed by atoms with Gasteiger partial charge in [-0.25, -0.2) is 17.2 Å². The van der Waals surface area contributed by atoms with Crippen molar-refractivity contribution in [1.82, 2.24) is 4.31 Å². The van der Waals surface area contributed by atoms with Gasteiger partial charge in [0.05, 0.1) is 10.8 Å². The van der Waals surface area contributed by atoms with Crippen LogP contribution in [0.5, 0.6) is 5.75 Å². The van der Waals surface area contributed by atoms with Crippen molar-refractivity contribution in [3.8, 4) is 5.75 Å². The molecule has 5 nitrogen and oxygen atoms in total. The van der Waals surface area contributed by atoms with Crippen molar-refractivity contribution < 1.29 is 26.7 Å². The fourth-order valence-corrected chi connectivity index (χ4v) is 4.36. The highest BCUT2D eigenvalue weighted by Gasteiger charge is 2.34. The molecule has 0 spiro atoms. The number of hydrogen-bond donors (Lipinski definition) is 0. The summed E-state index contributed by atoms with van der Waals surface area (Å²) in [4.78, 5) is 12.3. The summed E-state index contributed by atoms with van der Waals surface area (Å²) in [5.74, 6) is -2.23. The molecule has 2 aromatic carbocycles. The quantitative estimate of drug-likeness (QED) is 0.603. The van der Waals surface area contributed by atoms with Gasteiger partial charge >= 0.3 is 5.97 Å². The maximum absolute atomic E-state index is 13.2. The highest BCUT2D eigenvalue weighted by Crippen LogP contribution is 2.25. The van der Waals surface area contributed by atoms with Crippen LogP contribution in [0.3, 0.4) is 0 Å². The molecule has 1 heterocycles. The highest BCUT2D eigenvalue weighted by molar-refractivity contribution is 7.89. The van der Waals surface area contributed by atoms with Gasteiger partial charge in [0, 0.05) is 19.2 Å². The van der Waals surface area contributed by atoms with Crippen LogP contribution in [0.4, 0.5) is 8.78 Å². The lowest BCUT2D eigenvalue weighted by Crippen LogP contribution is -2.43. The summed E-state index contributed by atoms with van der Waals surface area (Å²) in [5, 5.41) is 0. The zero-order chi connectivity index (χ0) is 18.7. The van der Waals surface area contributed by atoms with Crippen LogP contribution in [0, 0.1) is 17.6 Å². The number of ether oxygens (including phenoxy) is 1. The minimum Gasteiger partial charge on any atom is -0.426 e. The van der Waals surface area contributed by atoms with E-state index in [9.17, 15) is 22.0 Å². The van der Waals surface area contributed by atoms with Crippen molar-refractivity contribution in [1.29, 1.82) is 0 Å². The van der Waals surface area contributed by atoms with Gasteiger partial charge in [-0.2, -0.15) is 4.31 Å². The number of benzene rings is 2. The highest BCUT2D eigenvalue weighted by atomic mass is 32.2. The minimum absolute atomic E-state index is 0.0296. The van der Waals surface area contributed by atoms with E-state index in [4.69, 9.17) is 4.74 Å². The van der Waals surface area contributed by atoms with Crippen LogP contribution in [0.2, 0.25) is 0 Å². The first-order valence-electron chi connectivity index (χ1n) is 8.09. The standard InChI is InChI=1S/C18H17F2NO4S/c19-14-6-8-17(9-7-14)26(23,24)21-10-2-3-13(12-21)18(22)25-16-5-1-4-15(20)11-16/h1,4-9,11,13H,2-3,10,12H2. The Kier molecular flexibility index (Phi) is 5.33. The second-order valence-electron chi connectivity index (χ2n) is 6.03. The van der Waals surface area contributed by atoms with Gasteiger partial charge in [-0.1, -0.05) is 6.07 Å². The number of esters is 1. The van der Waals surface area contributed by atoms with Gasteiger partial charge in [-0.3, -0.25) is 4.79 Å². The molecule has 0 radical (unpaired) electrons. The normalized spacial score (nSPS) is 18.5. The number of rotatable bonds is 4. The minimum atomic E-state index is -3.83. The Bertz CT molecular complexity index is 900. The maximum atomic E-state index is 13.2. The van der Waals surface area contributed by atoms with Crippen LogP contribution in [-0.4, -0.2) is 31.8 Å². The van der Waals surface area contributed by atoms with Crippen molar-refractivity contribution in [2.45, 2.75) is 17.7 Å². The van der Waals surface area contributed by atoms with Crippen molar-refractivity contribution in [3.63, 3.8) is 0 Å². The first kappa shape index (κ1) is 18.5. The molecule has 0 aliphatic carbocycles. The third kappa shape index (κ3) is 4.08. The number of carbonyl (C=O) groups excluding carboxylic acids is 1. The first-order chi connectivity index (χ1) is 12.4. The Morgan fingerprint density at radius 3 is 2.50 bits per heavy atom. The summed E-state index contributed by atoms with van der Waals surface area (Å²) in [6.07, 6.45) is 0.965. The summed E-state index contributed by atoms with van der Waals surface area (Å²) in [6.45, 7) is 0.233. The zero-order valence-corrected chi connectivity index (χ0v) is 14.6. The van der Waals surface area contributed by atoms with Gasteiger partial charge in [0.15, 0.2) is 0 Å². The summed E-state index contributed by atoms with van der Waals surface area (Å²) in [5.41, 5.74) is 0. The molecule has 2 aromatic rings. The molecule has 0 bridgehead atoms. The molecule has 1 aliphatic heterocycles. The molecule has 1 fully saturated rings. The molecular formula is C18H17F2NO4S. The van der Waals surface area contributed by atoms with E-state index in [0.29, 0.717) is 12.8 Å². The molecule has 1 atom stereocenters. The molecule has 1 saturated heterocycles. The van der Waals surface area contributed by atoms with Gasteiger partial charge in [0.25, 0.3) is 0 Å². The van der Waals surface area contributed by atoms with Crippen LogP contribution >= 0.6 is 0 Å². The first-order valence-corrected chi connectivity index (χ1v) is 9.53. The molecule has 8 heteroatoms. The molecule has 3 rings (SSSR count). The number of piperidine rings is 1. The Morgan fingerprint density at radius 2 is 1.81 bits per heavy atom. The molecule has 0 aromatic heterocycles. The fraction of sp³-hybridized carbons (Fsp3) is 0.278. The zero-order valence-electron chi connectivity index (χ0n) is 13.8. The monoisotopic (exact) mass is 381 g/mol. The molecule has 1 unspecified atom stereocenters. The number of hydrogen-bond acceptors (Lipinski definition) is 4. The van der Waals surface area contributed by atoms with Crippen LogP contribution in [-0.2, 0) is 14.8 Å².